The summed E-state index contributed by atoms with van der Waals surface area (Å²) in [5.41, 5.74) is 3.01. The van der Waals surface area contributed by atoms with Crippen LogP contribution < -0.4 is 9.47 Å². The first-order valence-corrected chi connectivity index (χ1v) is 7.01. The number of nitrogens with zero attached hydrogens (tertiary/aromatic N) is 1. The standard InChI is InChI=1S/C16H17ClN2O3/c1-9-11(10(2)19-18-9)5-6-14(20)12-7-13(17)16(22-4)8-15(12)21-3/h5-8H,1-4H3,(H,18,19)/b6-5+. The normalized spacial score (nSPS) is 11.0. The largest absolute Gasteiger partial charge is 0.496 e. The number of ketones is 1. The molecule has 0 aliphatic rings. The van der Waals surface area contributed by atoms with E-state index in [1.54, 1.807) is 18.2 Å². The van der Waals surface area contributed by atoms with Gasteiger partial charge in [-0.25, -0.2) is 0 Å². The van der Waals surface area contributed by atoms with E-state index in [1.165, 1.54) is 20.3 Å². The van der Waals surface area contributed by atoms with E-state index in [2.05, 4.69) is 10.2 Å². The van der Waals surface area contributed by atoms with Crippen LogP contribution in [0.1, 0.15) is 27.3 Å². The molecule has 0 fully saturated rings. The van der Waals surface area contributed by atoms with Gasteiger partial charge in [-0.05, 0) is 32.1 Å². The minimum absolute atomic E-state index is 0.207. The van der Waals surface area contributed by atoms with Crippen LogP contribution >= 0.6 is 11.6 Å². The molecule has 0 saturated carbocycles. The van der Waals surface area contributed by atoms with Crippen LogP contribution in [0.15, 0.2) is 18.2 Å². The second-order valence-corrected chi connectivity index (χ2v) is 5.14. The summed E-state index contributed by atoms with van der Waals surface area (Å²) in [6, 6.07) is 3.14. The van der Waals surface area contributed by atoms with E-state index >= 15 is 0 Å². The van der Waals surface area contributed by atoms with E-state index in [0.717, 1.165) is 17.0 Å². The summed E-state index contributed by atoms with van der Waals surface area (Å²) >= 11 is 6.08. The molecule has 116 valence electrons. The van der Waals surface area contributed by atoms with Crippen LogP contribution in [0.2, 0.25) is 5.02 Å². The van der Waals surface area contributed by atoms with Gasteiger partial charge in [0, 0.05) is 17.3 Å². The Morgan fingerprint density at radius 3 is 2.45 bits per heavy atom. The minimum atomic E-state index is -0.207. The molecule has 0 saturated heterocycles. The van der Waals surface area contributed by atoms with Gasteiger partial charge in [0.05, 0.1) is 30.5 Å². The van der Waals surface area contributed by atoms with Crippen molar-refractivity contribution < 1.29 is 14.3 Å². The molecule has 0 spiro atoms. The Hall–Kier alpha value is -2.27. The number of allylic oxidation sites excluding steroid dienone is 1. The molecule has 1 heterocycles. The number of aryl methyl sites for hydroxylation is 2. The average Bonchev–Trinajstić information content (AvgIpc) is 2.83. The smallest absolute Gasteiger partial charge is 0.189 e. The third-order valence-corrected chi connectivity index (χ3v) is 3.62. The van der Waals surface area contributed by atoms with E-state index in [-0.39, 0.29) is 5.78 Å². The van der Waals surface area contributed by atoms with Gasteiger partial charge in [-0.3, -0.25) is 9.89 Å². The summed E-state index contributed by atoms with van der Waals surface area (Å²) in [6.45, 7) is 3.77. The van der Waals surface area contributed by atoms with Gasteiger partial charge in [0.15, 0.2) is 5.78 Å². The summed E-state index contributed by atoms with van der Waals surface area (Å²) in [4.78, 5) is 12.4. The van der Waals surface area contributed by atoms with Gasteiger partial charge < -0.3 is 9.47 Å². The van der Waals surface area contributed by atoms with Crippen LogP contribution in [0.25, 0.3) is 6.08 Å². The quantitative estimate of drug-likeness (QED) is 0.675. The van der Waals surface area contributed by atoms with Crippen LogP contribution in [0.4, 0.5) is 0 Å². The number of hydrogen-bond donors (Lipinski definition) is 1. The Morgan fingerprint density at radius 2 is 1.91 bits per heavy atom. The highest BCUT2D eigenvalue weighted by atomic mass is 35.5. The maximum Gasteiger partial charge on any atom is 0.189 e. The summed E-state index contributed by atoms with van der Waals surface area (Å²) in [6.07, 6.45) is 3.21. The highest BCUT2D eigenvalue weighted by Gasteiger charge is 2.15. The van der Waals surface area contributed by atoms with Crippen molar-refractivity contribution in [2.75, 3.05) is 14.2 Å². The van der Waals surface area contributed by atoms with Gasteiger partial charge in [-0.2, -0.15) is 5.10 Å². The number of ether oxygens (including phenoxy) is 2. The van der Waals surface area contributed by atoms with Crippen LogP contribution in [0.3, 0.4) is 0 Å². The van der Waals surface area contributed by atoms with Gasteiger partial charge in [0.25, 0.3) is 0 Å². The second-order valence-electron chi connectivity index (χ2n) is 4.73. The van der Waals surface area contributed by atoms with Crippen molar-refractivity contribution in [3.8, 4) is 11.5 Å². The summed E-state index contributed by atoms with van der Waals surface area (Å²) < 4.78 is 10.4. The van der Waals surface area contributed by atoms with Gasteiger partial charge in [-0.1, -0.05) is 11.6 Å². The predicted octanol–water partition coefficient (Wildman–Crippen LogP) is 3.59. The molecule has 22 heavy (non-hydrogen) atoms. The summed E-state index contributed by atoms with van der Waals surface area (Å²) in [7, 11) is 3.00. The van der Waals surface area contributed by atoms with Crippen molar-refractivity contribution in [1.82, 2.24) is 10.2 Å². The van der Waals surface area contributed by atoms with Gasteiger partial charge >= 0.3 is 0 Å². The van der Waals surface area contributed by atoms with Gasteiger partial charge in [-0.15, -0.1) is 0 Å². The van der Waals surface area contributed by atoms with Gasteiger partial charge in [0.2, 0.25) is 0 Å². The molecule has 1 N–H and O–H groups in total. The summed E-state index contributed by atoms with van der Waals surface area (Å²) in [5, 5.41) is 7.32. The van der Waals surface area contributed by atoms with Crippen LogP contribution in [0.5, 0.6) is 11.5 Å². The fourth-order valence-corrected chi connectivity index (χ4v) is 2.35. The van der Waals surface area contributed by atoms with Crippen LogP contribution in [-0.4, -0.2) is 30.2 Å². The fourth-order valence-electron chi connectivity index (χ4n) is 2.11. The third kappa shape index (κ3) is 3.14. The predicted molar refractivity (Wildman–Crippen MR) is 86.0 cm³/mol. The first-order valence-electron chi connectivity index (χ1n) is 6.63. The molecular formula is C16H17ClN2O3. The maximum absolute atomic E-state index is 12.4. The lowest BCUT2D eigenvalue weighted by Gasteiger charge is -2.10. The number of aromatic nitrogens is 2. The zero-order valence-electron chi connectivity index (χ0n) is 12.9. The molecule has 1 aromatic carbocycles. The van der Waals surface area contributed by atoms with Crippen molar-refractivity contribution in [3.63, 3.8) is 0 Å². The van der Waals surface area contributed by atoms with E-state index in [9.17, 15) is 4.79 Å². The Labute approximate surface area is 133 Å². The topological polar surface area (TPSA) is 64.2 Å². The monoisotopic (exact) mass is 320 g/mol. The molecule has 0 bridgehead atoms. The number of benzene rings is 1. The number of aromatic amines is 1. The highest BCUT2D eigenvalue weighted by molar-refractivity contribution is 6.32. The number of halogens is 1. The molecule has 0 amide bonds. The lowest BCUT2D eigenvalue weighted by molar-refractivity contribution is 0.104. The number of H-pyrrole nitrogens is 1. The van der Waals surface area contributed by atoms with E-state index in [1.807, 2.05) is 13.8 Å². The third-order valence-electron chi connectivity index (χ3n) is 3.33. The molecule has 0 radical (unpaired) electrons. The molecule has 2 rings (SSSR count). The number of methoxy groups -OCH3 is 2. The number of carbonyl (C=O) groups excluding carboxylic acids is 1. The van der Waals surface area contributed by atoms with Crippen molar-refractivity contribution in [2.24, 2.45) is 0 Å². The number of rotatable bonds is 5. The van der Waals surface area contributed by atoms with Crippen molar-refractivity contribution >= 4 is 23.5 Å². The molecule has 0 atom stereocenters. The molecule has 0 aliphatic carbocycles. The minimum Gasteiger partial charge on any atom is -0.496 e. The van der Waals surface area contributed by atoms with Crippen LogP contribution in [-0.2, 0) is 0 Å². The molecule has 5 nitrogen and oxygen atoms in total. The molecule has 2 aromatic rings. The highest BCUT2D eigenvalue weighted by Crippen LogP contribution is 2.33. The molecule has 0 unspecified atom stereocenters. The zero-order chi connectivity index (χ0) is 16.3. The van der Waals surface area contributed by atoms with Crippen molar-refractivity contribution in [1.29, 1.82) is 0 Å². The Balaban J connectivity index is 2.35. The lowest BCUT2D eigenvalue weighted by Crippen LogP contribution is -2.00. The SMILES string of the molecule is COc1cc(OC)c(C(=O)/C=C/c2c(C)n[nH]c2C)cc1Cl. The first-order chi connectivity index (χ1) is 10.5. The van der Waals surface area contributed by atoms with Crippen molar-refractivity contribution in [2.45, 2.75) is 13.8 Å². The number of carbonyl (C=O) groups is 1. The maximum atomic E-state index is 12.4. The first kappa shape index (κ1) is 16.1. The second kappa shape index (κ2) is 6.66. The van der Waals surface area contributed by atoms with Crippen molar-refractivity contribution in [3.05, 3.63) is 45.7 Å². The molecule has 6 heteroatoms. The van der Waals surface area contributed by atoms with Crippen LogP contribution in [0, 0.1) is 13.8 Å². The van der Waals surface area contributed by atoms with E-state index in [0.29, 0.717) is 22.1 Å². The molecule has 0 aliphatic heterocycles. The number of nitrogens with one attached hydrogen (secondary N) is 1. The average molecular weight is 321 g/mol. The van der Waals surface area contributed by atoms with Gasteiger partial charge in [0.1, 0.15) is 11.5 Å². The molecular weight excluding hydrogens is 304 g/mol. The number of hydrogen-bond acceptors (Lipinski definition) is 4. The Kier molecular flexibility index (Phi) is 4.88. The summed E-state index contributed by atoms with van der Waals surface area (Å²) in [5.74, 6) is 0.665. The molecule has 1 aromatic heterocycles. The Bertz CT molecular complexity index is 716. The zero-order valence-corrected chi connectivity index (χ0v) is 13.6. The Morgan fingerprint density at radius 1 is 1.23 bits per heavy atom. The van der Waals surface area contributed by atoms with E-state index < -0.39 is 0 Å². The van der Waals surface area contributed by atoms with E-state index in [4.69, 9.17) is 21.1 Å². The fraction of sp³-hybridized carbons (Fsp3) is 0.250. The lowest BCUT2D eigenvalue weighted by atomic mass is 10.1.